The molecule has 0 bridgehead atoms. The molecule has 1 N–H and O–H groups in total. The number of ether oxygens (including phenoxy) is 1. The lowest BCUT2D eigenvalue weighted by molar-refractivity contribution is 0.118. The fourth-order valence-electron chi connectivity index (χ4n) is 3.01. The van der Waals surface area contributed by atoms with Crippen LogP contribution in [-0.2, 0) is 6.42 Å². The Kier molecular flexibility index (Phi) is 9.08. The molecule has 1 saturated heterocycles. The van der Waals surface area contributed by atoms with Gasteiger partial charge in [0.25, 0.3) is 0 Å². The average molecular weight is 375 g/mol. The van der Waals surface area contributed by atoms with Crippen molar-refractivity contribution in [1.82, 2.24) is 9.80 Å². The van der Waals surface area contributed by atoms with Crippen LogP contribution in [0.15, 0.2) is 48.5 Å². The first-order valence-electron chi connectivity index (χ1n) is 9.80. The van der Waals surface area contributed by atoms with E-state index in [4.69, 9.17) is 4.74 Å². The Balaban J connectivity index is 0.00000126. The van der Waals surface area contributed by atoms with Crippen molar-refractivity contribution in [3.05, 3.63) is 59.9 Å². The van der Waals surface area contributed by atoms with E-state index < -0.39 is 0 Å². The van der Waals surface area contributed by atoms with Crippen LogP contribution in [0.2, 0.25) is 0 Å². The number of halogens is 1. The number of nitrogens with zero attached hydrogens (tertiary/aromatic N) is 2. The summed E-state index contributed by atoms with van der Waals surface area (Å²) in [4.78, 5) is 4.88. The molecule has 27 heavy (non-hydrogen) atoms. The second-order valence-electron chi connectivity index (χ2n) is 6.40. The van der Waals surface area contributed by atoms with Gasteiger partial charge in [-0.3, -0.25) is 4.90 Å². The van der Waals surface area contributed by atoms with Crippen LogP contribution >= 0.6 is 0 Å². The molecule has 0 aliphatic carbocycles. The van der Waals surface area contributed by atoms with Crippen LogP contribution in [-0.4, -0.2) is 60.8 Å². The van der Waals surface area contributed by atoms with E-state index in [-0.39, 0.29) is 5.82 Å². The maximum Gasteiger partial charge on any atom is 0.123 e. The van der Waals surface area contributed by atoms with Gasteiger partial charge >= 0.3 is 0 Å². The van der Waals surface area contributed by atoms with Crippen LogP contribution in [0, 0.1) is 5.82 Å². The zero-order chi connectivity index (χ0) is 19.5. The van der Waals surface area contributed by atoms with E-state index in [1.807, 2.05) is 26.0 Å². The molecule has 0 radical (unpaired) electrons. The number of piperazine rings is 1. The summed E-state index contributed by atoms with van der Waals surface area (Å²) >= 11 is 0. The molecule has 1 aliphatic heterocycles. The standard InChI is InChI=1S/C20H25FN2O2.C2H6/c21-18-3-7-20(8-4-18)25-16-15-23-13-11-22(12-14-23)10-9-17-1-5-19(24)6-2-17;1-2/h1-8,24H,9-16H2;1-2H3. The summed E-state index contributed by atoms with van der Waals surface area (Å²) in [6.07, 6.45) is 1.01. The van der Waals surface area contributed by atoms with E-state index in [0.717, 1.165) is 45.7 Å². The summed E-state index contributed by atoms with van der Waals surface area (Å²) in [7, 11) is 0. The highest BCUT2D eigenvalue weighted by atomic mass is 19.1. The summed E-state index contributed by atoms with van der Waals surface area (Å²) in [5.41, 5.74) is 1.26. The predicted octanol–water partition coefficient (Wildman–Crippen LogP) is 3.80. The predicted molar refractivity (Wildman–Crippen MR) is 108 cm³/mol. The molecular weight excluding hydrogens is 343 g/mol. The van der Waals surface area contributed by atoms with Gasteiger partial charge in [-0.05, 0) is 48.4 Å². The lowest BCUT2D eigenvalue weighted by Crippen LogP contribution is -2.47. The molecule has 148 valence electrons. The minimum Gasteiger partial charge on any atom is -0.508 e. The van der Waals surface area contributed by atoms with Gasteiger partial charge in [0.2, 0.25) is 0 Å². The zero-order valence-electron chi connectivity index (χ0n) is 16.4. The van der Waals surface area contributed by atoms with E-state index >= 15 is 0 Å². The highest BCUT2D eigenvalue weighted by Crippen LogP contribution is 2.12. The Labute approximate surface area is 162 Å². The van der Waals surface area contributed by atoms with Crippen LogP contribution in [0.4, 0.5) is 4.39 Å². The van der Waals surface area contributed by atoms with E-state index in [1.54, 1.807) is 24.3 Å². The summed E-state index contributed by atoms with van der Waals surface area (Å²) in [5, 5.41) is 9.32. The van der Waals surface area contributed by atoms with Gasteiger partial charge in [0.1, 0.15) is 23.9 Å². The van der Waals surface area contributed by atoms with Gasteiger partial charge in [-0.25, -0.2) is 4.39 Å². The Morgan fingerprint density at radius 1 is 0.852 bits per heavy atom. The van der Waals surface area contributed by atoms with Gasteiger partial charge in [0, 0.05) is 39.3 Å². The van der Waals surface area contributed by atoms with E-state index in [1.165, 1.54) is 17.7 Å². The topological polar surface area (TPSA) is 35.9 Å². The van der Waals surface area contributed by atoms with Gasteiger partial charge in [-0.2, -0.15) is 0 Å². The smallest absolute Gasteiger partial charge is 0.123 e. The van der Waals surface area contributed by atoms with E-state index in [9.17, 15) is 9.50 Å². The maximum absolute atomic E-state index is 12.8. The molecule has 0 aromatic heterocycles. The van der Waals surface area contributed by atoms with E-state index in [2.05, 4.69) is 9.80 Å². The molecule has 1 fully saturated rings. The number of aromatic hydroxyl groups is 1. The molecule has 0 saturated carbocycles. The fourth-order valence-corrected chi connectivity index (χ4v) is 3.01. The molecule has 1 aliphatic rings. The van der Waals surface area contributed by atoms with Crippen molar-refractivity contribution in [3.8, 4) is 11.5 Å². The molecule has 0 amide bonds. The minimum absolute atomic E-state index is 0.240. The molecule has 1 heterocycles. The van der Waals surface area contributed by atoms with Gasteiger partial charge in [0.05, 0.1) is 0 Å². The minimum atomic E-state index is -0.240. The Morgan fingerprint density at radius 2 is 1.41 bits per heavy atom. The van der Waals surface area contributed by atoms with Gasteiger partial charge in [-0.1, -0.05) is 26.0 Å². The van der Waals surface area contributed by atoms with Crippen molar-refractivity contribution in [2.45, 2.75) is 20.3 Å². The summed E-state index contributed by atoms with van der Waals surface area (Å²) in [6.45, 7) is 10.8. The molecule has 0 unspecified atom stereocenters. The third-order valence-electron chi connectivity index (χ3n) is 4.61. The van der Waals surface area contributed by atoms with Crippen molar-refractivity contribution in [2.24, 2.45) is 0 Å². The normalized spacial score (nSPS) is 15.1. The first-order chi connectivity index (χ1) is 13.2. The second kappa shape index (κ2) is 11.6. The first kappa shape index (κ1) is 21.2. The summed E-state index contributed by atoms with van der Waals surface area (Å²) in [5.74, 6) is 0.796. The fraction of sp³-hybridized carbons (Fsp3) is 0.455. The molecule has 2 aromatic carbocycles. The molecule has 5 heteroatoms. The number of phenolic OH excluding ortho intramolecular Hbond substituents is 1. The van der Waals surface area contributed by atoms with Crippen LogP contribution in [0.5, 0.6) is 11.5 Å². The third kappa shape index (κ3) is 7.57. The number of benzene rings is 2. The van der Waals surface area contributed by atoms with E-state index in [0.29, 0.717) is 18.1 Å². The van der Waals surface area contributed by atoms with Crippen molar-refractivity contribution in [2.75, 3.05) is 45.9 Å². The van der Waals surface area contributed by atoms with Crippen LogP contribution < -0.4 is 4.74 Å². The quantitative estimate of drug-likeness (QED) is 0.800. The number of hydrogen-bond donors (Lipinski definition) is 1. The molecule has 0 spiro atoms. The lowest BCUT2D eigenvalue weighted by atomic mass is 10.1. The average Bonchev–Trinajstić information content (AvgIpc) is 2.72. The van der Waals surface area contributed by atoms with Crippen LogP contribution in [0.1, 0.15) is 19.4 Å². The second-order valence-corrected chi connectivity index (χ2v) is 6.40. The zero-order valence-corrected chi connectivity index (χ0v) is 16.4. The number of hydrogen-bond acceptors (Lipinski definition) is 4. The highest BCUT2D eigenvalue weighted by Gasteiger charge is 2.16. The Morgan fingerprint density at radius 3 is 2.00 bits per heavy atom. The molecule has 0 atom stereocenters. The SMILES string of the molecule is CC.Oc1ccc(CCN2CCN(CCOc3ccc(F)cc3)CC2)cc1. The van der Waals surface area contributed by atoms with Crippen LogP contribution in [0.25, 0.3) is 0 Å². The molecular formula is C22H31FN2O2. The lowest BCUT2D eigenvalue weighted by Gasteiger charge is -2.34. The molecule has 2 aromatic rings. The maximum atomic E-state index is 12.8. The molecule has 3 rings (SSSR count). The van der Waals surface area contributed by atoms with Crippen LogP contribution in [0.3, 0.4) is 0 Å². The van der Waals surface area contributed by atoms with Gasteiger partial charge in [0.15, 0.2) is 0 Å². The summed E-state index contributed by atoms with van der Waals surface area (Å²) in [6, 6.07) is 13.6. The third-order valence-corrected chi connectivity index (χ3v) is 4.61. The Bertz CT molecular complexity index is 638. The van der Waals surface area contributed by atoms with Crippen molar-refractivity contribution < 1.29 is 14.2 Å². The molecule has 4 nitrogen and oxygen atoms in total. The van der Waals surface area contributed by atoms with Crippen molar-refractivity contribution in [1.29, 1.82) is 0 Å². The van der Waals surface area contributed by atoms with Crippen molar-refractivity contribution in [3.63, 3.8) is 0 Å². The summed E-state index contributed by atoms with van der Waals surface area (Å²) < 4.78 is 18.5. The largest absolute Gasteiger partial charge is 0.508 e. The van der Waals surface area contributed by atoms with Gasteiger partial charge < -0.3 is 14.7 Å². The van der Waals surface area contributed by atoms with Crippen molar-refractivity contribution >= 4 is 0 Å². The first-order valence-corrected chi connectivity index (χ1v) is 9.80. The van der Waals surface area contributed by atoms with Gasteiger partial charge in [-0.15, -0.1) is 0 Å². The highest BCUT2D eigenvalue weighted by molar-refractivity contribution is 5.26. The number of rotatable bonds is 7. The monoisotopic (exact) mass is 374 g/mol. The Hall–Kier alpha value is -2.11. The number of phenols is 1.